The molecular weight excluding hydrogens is 558 g/mol. The zero-order valence-corrected chi connectivity index (χ0v) is 27.1. The highest BCUT2D eigenvalue weighted by Gasteiger charge is 2.54. The average molecular weight is 609 g/mol. The summed E-state index contributed by atoms with van der Waals surface area (Å²) in [6.07, 6.45) is 7.76. The van der Waals surface area contributed by atoms with E-state index in [2.05, 4.69) is 44.7 Å². The second-order valence-corrected chi connectivity index (χ2v) is 12.1. The molecule has 4 atom stereocenters. The van der Waals surface area contributed by atoms with Crippen molar-refractivity contribution in [1.29, 1.82) is 0 Å². The number of allylic oxidation sites excluding steroid dienone is 1. The normalized spacial score (nSPS) is 23.5. The van der Waals surface area contributed by atoms with Crippen LogP contribution in [-0.4, -0.2) is 90.2 Å². The van der Waals surface area contributed by atoms with E-state index in [1.54, 1.807) is 37.6 Å². The molecule has 0 spiro atoms. The molecule has 1 unspecified atom stereocenters. The number of pyridine rings is 1. The Morgan fingerprint density at radius 1 is 1.23 bits per heavy atom. The zero-order chi connectivity index (χ0) is 32.5. The van der Waals surface area contributed by atoms with Gasteiger partial charge in [0.2, 0.25) is 5.84 Å². The fourth-order valence-electron chi connectivity index (χ4n) is 5.70. The number of carbonyl (C=O) groups excluding carboxylic acids is 2. The number of aliphatic hydroxyl groups is 1. The summed E-state index contributed by atoms with van der Waals surface area (Å²) in [6.45, 7) is 12.0. The molecule has 4 rings (SSSR count). The standard InChI is InChI=1S/C26H41N5O3.C7H8N2O/c1-7-13-28-15-20(30-21(27)8-2)26(5)23(32)19(16-31(26)6)29-24(33)17-10-9-11-18-22(17)34-14-12-25(18,3)4;1-8-7(10)6-2-4-9-5-3-6/h7,9-11,13,19-20,23,28,32H,8,12,14-16H2,1-6H3,(H2,27,30)(H,29,33);2-5H,1H3,(H,8,10)/p+1/b13-7+;/t19-,20?,23-,26+;/m1./s1. The molecule has 240 valence electrons. The number of hydrogen-bond donors (Lipinski definition) is 6. The van der Waals surface area contributed by atoms with E-state index >= 15 is 0 Å². The summed E-state index contributed by atoms with van der Waals surface area (Å²) in [5.41, 5.74) is 7.63. The molecule has 2 amide bonds. The fraction of sp³-hybridized carbons (Fsp3) is 0.515. The summed E-state index contributed by atoms with van der Waals surface area (Å²) in [4.78, 5) is 33.5. The molecule has 3 heterocycles. The van der Waals surface area contributed by atoms with Crippen LogP contribution in [0.5, 0.6) is 5.75 Å². The molecule has 0 saturated carbocycles. The predicted molar refractivity (Wildman–Crippen MR) is 173 cm³/mol. The largest absolute Gasteiger partial charge is 0.492 e. The molecule has 11 nitrogen and oxygen atoms in total. The number of fused-ring (bicyclic) bond motifs is 1. The summed E-state index contributed by atoms with van der Waals surface area (Å²) in [7, 11) is 3.57. The van der Waals surface area contributed by atoms with Crippen molar-refractivity contribution in [1.82, 2.24) is 25.8 Å². The molecule has 1 aromatic heterocycles. The van der Waals surface area contributed by atoms with Crippen LogP contribution in [0.4, 0.5) is 0 Å². The SMILES string of the molecule is C/C=C/NCC([NH+]=C(N)CC)[C@@]1(C)[C@H](O)[C@H](NC(=O)c2cccc3c2OCCC3(C)C)CN1C.CNC(=O)c1ccncc1. The van der Waals surface area contributed by atoms with Crippen molar-refractivity contribution in [2.24, 2.45) is 5.73 Å². The summed E-state index contributed by atoms with van der Waals surface area (Å²) in [5.74, 6) is 1.01. The summed E-state index contributed by atoms with van der Waals surface area (Å²) in [5, 5.41) is 20.4. The maximum atomic E-state index is 13.4. The molecule has 2 aromatic rings. The third-order valence-corrected chi connectivity index (χ3v) is 8.77. The lowest BCUT2D eigenvalue weighted by Gasteiger charge is -2.39. The average Bonchev–Trinajstić information content (AvgIpc) is 3.24. The molecule has 0 aliphatic carbocycles. The first-order chi connectivity index (χ1) is 20.9. The number of amidine groups is 1. The number of nitrogens with zero attached hydrogens (tertiary/aromatic N) is 2. The summed E-state index contributed by atoms with van der Waals surface area (Å²) < 4.78 is 5.94. The summed E-state index contributed by atoms with van der Waals surface area (Å²) >= 11 is 0. The van der Waals surface area contributed by atoms with Gasteiger partial charge in [0.1, 0.15) is 11.8 Å². The smallest absolute Gasteiger partial charge is 0.255 e. The molecule has 7 N–H and O–H groups in total. The Morgan fingerprint density at radius 2 is 1.93 bits per heavy atom. The number of carbonyl (C=O) groups is 2. The van der Waals surface area contributed by atoms with Gasteiger partial charge in [-0.25, -0.2) is 0 Å². The van der Waals surface area contributed by atoms with Crippen molar-refractivity contribution in [3.05, 3.63) is 71.7 Å². The van der Waals surface area contributed by atoms with Gasteiger partial charge in [0, 0.05) is 43.5 Å². The highest BCUT2D eigenvalue weighted by atomic mass is 16.5. The second-order valence-electron chi connectivity index (χ2n) is 12.1. The Hall–Kier alpha value is -3.96. The van der Waals surface area contributed by atoms with E-state index in [0.29, 0.717) is 48.8 Å². The second kappa shape index (κ2) is 15.2. The maximum absolute atomic E-state index is 13.4. The van der Waals surface area contributed by atoms with E-state index in [4.69, 9.17) is 10.5 Å². The van der Waals surface area contributed by atoms with Crippen molar-refractivity contribution < 1.29 is 24.4 Å². The number of aliphatic hydroxyl groups excluding tert-OH is 1. The van der Waals surface area contributed by atoms with Crippen LogP contribution < -0.4 is 31.4 Å². The van der Waals surface area contributed by atoms with Crippen LogP contribution in [0.1, 0.15) is 73.7 Å². The topological polar surface area (TPSA) is 156 Å². The van der Waals surface area contributed by atoms with Gasteiger partial charge in [-0.1, -0.05) is 39.0 Å². The molecule has 1 fully saturated rings. The van der Waals surface area contributed by atoms with Gasteiger partial charge in [-0.05, 0) is 57.1 Å². The molecule has 0 radical (unpaired) electrons. The highest BCUT2D eigenvalue weighted by Crippen LogP contribution is 2.40. The first-order valence-corrected chi connectivity index (χ1v) is 15.2. The number of likely N-dealkylation sites (N-methyl/N-ethyl adjacent to an activating group) is 1. The van der Waals surface area contributed by atoms with E-state index in [1.165, 1.54) is 0 Å². The molecule has 1 aromatic carbocycles. The fourth-order valence-corrected chi connectivity index (χ4v) is 5.70. The minimum absolute atomic E-state index is 0.0515. The maximum Gasteiger partial charge on any atom is 0.255 e. The Morgan fingerprint density at radius 3 is 2.57 bits per heavy atom. The lowest BCUT2D eigenvalue weighted by molar-refractivity contribution is -0.522. The quantitative estimate of drug-likeness (QED) is 0.180. The van der Waals surface area contributed by atoms with E-state index in [1.807, 2.05) is 52.2 Å². The number of para-hydroxylation sites is 1. The van der Waals surface area contributed by atoms with Crippen LogP contribution in [0.3, 0.4) is 0 Å². The summed E-state index contributed by atoms with van der Waals surface area (Å²) in [6, 6.07) is 8.44. The van der Waals surface area contributed by atoms with Gasteiger partial charge in [0.15, 0.2) is 0 Å². The van der Waals surface area contributed by atoms with Crippen molar-refractivity contribution in [2.45, 2.75) is 76.6 Å². The van der Waals surface area contributed by atoms with E-state index < -0.39 is 17.7 Å². The van der Waals surface area contributed by atoms with Crippen molar-refractivity contribution in [3.8, 4) is 5.75 Å². The van der Waals surface area contributed by atoms with Crippen LogP contribution in [0.15, 0.2) is 55.0 Å². The van der Waals surface area contributed by atoms with Gasteiger partial charge in [-0.3, -0.25) is 30.2 Å². The predicted octanol–water partition coefficient (Wildman–Crippen LogP) is 0.691. The number of likely N-dealkylation sites (tertiary alicyclic amines) is 1. The molecule has 0 bridgehead atoms. The van der Waals surface area contributed by atoms with Crippen molar-refractivity contribution >= 4 is 17.6 Å². The Balaban J connectivity index is 0.000000448. The third kappa shape index (κ3) is 7.75. The molecular formula is C33H50N7O4+. The van der Waals surface area contributed by atoms with Crippen LogP contribution >= 0.6 is 0 Å². The molecule has 2 aliphatic heterocycles. The molecule has 1 saturated heterocycles. The number of nitrogens with one attached hydrogen (secondary N) is 4. The lowest BCUT2D eigenvalue weighted by atomic mass is 9.79. The number of aromatic nitrogens is 1. The number of nitrogens with two attached hydrogens (primary N) is 1. The van der Waals surface area contributed by atoms with Gasteiger partial charge in [-0.2, -0.15) is 0 Å². The lowest BCUT2D eigenvalue weighted by Crippen LogP contribution is -2.90. The number of hydrogen-bond acceptors (Lipinski definition) is 7. The number of benzene rings is 1. The van der Waals surface area contributed by atoms with Gasteiger partial charge in [0.05, 0.1) is 36.4 Å². The Bertz CT molecular complexity index is 1330. The minimum atomic E-state index is -0.812. The van der Waals surface area contributed by atoms with Gasteiger partial charge < -0.3 is 25.8 Å². The zero-order valence-electron chi connectivity index (χ0n) is 27.1. The minimum Gasteiger partial charge on any atom is -0.492 e. The third-order valence-electron chi connectivity index (χ3n) is 8.77. The number of amides is 2. The van der Waals surface area contributed by atoms with Crippen LogP contribution in [0.25, 0.3) is 0 Å². The van der Waals surface area contributed by atoms with Crippen LogP contribution in [-0.2, 0) is 5.41 Å². The monoisotopic (exact) mass is 608 g/mol. The van der Waals surface area contributed by atoms with Gasteiger partial charge in [0.25, 0.3) is 11.8 Å². The van der Waals surface area contributed by atoms with Gasteiger partial charge in [-0.15, -0.1) is 0 Å². The number of ether oxygens (including phenoxy) is 1. The van der Waals surface area contributed by atoms with Crippen LogP contribution in [0.2, 0.25) is 0 Å². The molecule has 2 aliphatic rings. The van der Waals surface area contributed by atoms with Gasteiger partial charge >= 0.3 is 0 Å². The molecule has 44 heavy (non-hydrogen) atoms. The van der Waals surface area contributed by atoms with Crippen LogP contribution in [0, 0.1) is 0 Å². The van der Waals surface area contributed by atoms with E-state index in [-0.39, 0.29) is 23.3 Å². The van der Waals surface area contributed by atoms with E-state index in [0.717, 1.165) is 12.0 Å². The van der Waals surface area contributed by atoms with Crippen molar-refractivity contribution in [2.75, 3.05) is 33.8 Å². The highest BCUT2D eigenvalue weighted by molar-refractivity contribution is 5.98. The number of rotatable bonds is 9. The first-order valence-electron chi connectivity index (χ1n) is 15.2. The Labute approximate surface area is 261 Å². The van der Waals surface area contributed by atoms with Crippen molar-refractivity contribution in [3.63, 3.8) is 0 Å². The first kappa shape index (κ1) is 34.5. The molecule has 11 heteroatoms. The Kier molecular flexibility index (Phi) is 11.9. The van der Waals surface area contributed by atoms with E-state index in [9.17, 15) is 14.7 Å².